The number of carbonyl (C=O) groups is 9. The maximum atomic E-state index is 14.0. The van der Waals surface area contributed by atoms with Crippen molar-refractivity contribution in [1.29, 1.82) is 0 Å². The first kappa shape index (κ1) is 64.9. The van der Waals surface area contributed by atoms with Crippen LogP contribution in [0.15, 0.2) is 22.5 Å². The molecular weight excluding hydrogens is 967 g/mol. The third kappa shape index (κ3) is 25.0. The number of rotatable bonds is 34. The van der Waals surface area contributed by atoms with Crippen LogP contribution in [0.1, 0.15) is 107 Å². The molecule has 1 aromatic heterocycles. The van der Waals surface area contributed by atoms with Gasteiger partial charge in [-0.1, -0.05) is 55.4 Å². The number of hydrogen-bond acceptors (Lipinski definition) is 14. The molecule has 0 radical (unpaired) electrons. The predicted molar refractivity (Wildman–Crippen MR) is 275 cm³/mol. The predicted octanol–water partition coefficient (Wildman–Crippen LogP) is -4.23. The molecule has 74 heavy (non-hydrogen) atoms. The molecule has 9 atom stereocenters. The molecule has 1 rings (SSSR count). The molecule has 0 saturated carbocycles. The van der Waals surface area contributed by atoms with E-state index in [9.17, 15) is 53.4 Å². The Balaban J connectivity index is 3.37. The van der Waals surface area contributed by atoms with Crippen LogP contribution in [0, 0.1) is 23.7 Å². The summed E-state index contributed by atoms with van der Waals surface area (Å²) in [7, 11) is 0. The number of aromatic nitrogens is 2. The van der Waals surface area contributed by atoms with E-state index in [4.69, 9.17) is 28.7 Å². The molecule has 0 unspecified atom stereocenters. The Hall–Kier alpha value is -7.10. The number of carboxylic acids is 1. The number of carbonyl (C=O) groups excluding carboxylic acids is 8. The minimum atomic E-state index is -1.62. The highest BCUT2D eigenvalue weighted by Crippen LogP contribution is 2.12. The van der Waals surface area contributed by atoms with Gasteiger partial charge in [0.25, 0.3) is 0 Å². The van der Waals surface area contributed by atoms with E-state index in [2.05, 4.69) is 62.5 Å². The maximum Gasteiger partial charge on any atom is 0.326 e. The van der Waals surface area contributed by atoms with Gasteiger partial charge in [-0.2, -0.15) is 0 Å². The molecule has 0 bridgehead atoms. The van der Waals surface area contributed by atoms with Crippen molar-refractivity contribution in [2.45, 2.75) is 162 Å². The Kier molecular flexibility index (Phi) is 28.8. The molecule has 28 heteroatoms. The van der Waals surface area contributed by atoms with Crippen molar-refractivity contribution in [2.24, 2.45) is 62.3 Å². The van der Waals surface area contributed by atoms with Crippen molar-refractivity contribution >= 4 is 65.1 Å². The van der Waals surface area contributed by atoms with Crippen molar-refractivity contribution in [2.75, 3.05) is 19.6 Å². The monoisotopic (exact) mass is 1050 g/mol. The fourth-order valence-corrected chi connectivity index (χ4v) is 7.12. The SMILES string of the molecule is CC(C)C[C@H](NC(=O)[C@H](CCCN=C(N)N)NC(=O)[C@@H](NC(=O)[C@H](CCCN=C(N)N)NC(=O)CNC(=O)[C@H](Cc1cnc[nH]1)NC(=O)[C@@H](NC(=O)[C@H](CC(C)C)NC(=O)[C@@H](N)C(C)C)[C@@H](C)O)C(C)C)C(=O)O. The zero-order valence-corrected chi connectivity index (χ0v) is 44.0. The lowest BCUT2D eigenvalue weighted by Crippen LogP contribution is -2.61. The van der Waals surface area contributed by atoms with Gasteiger partial charge in [0.15, 0.2) is 11.9 Å². The van der Waals surface area contributed by atoms with E-state index in [0.717, 1.165) is 0 Å². The number of carboxylic acid groups (broad SMARTS) is 1. The molecule has 28 nitrogen and oxygen atoms in total. The fourth-order valence-electron chi connectivity index (χ4n) is 7.12. The third-order valence-electron chi connectivity index (χ3n) is 11.2. The number of nitrogens with two attached hydrogens (primary N) is 5. The molecule has 8 amide bonds. The van der Waals surface area contributed by atoms with E-state index in [1.807, 2.05) is 13.8 Å². The molecule has 0 aliphatic rings. The number of aromatic amines is 1. The largest absolute Gasteiger partial charge is 0.480 e. The number of amides is 8. The highest BCUT2D eigenvalue weighted by atomic mass is 16.4. The van der Waals surface area contributed by atoms with Gasteiger partial charge < -0.3 is 86.4 Å². The average Bonchev–Trinajstić information content (AvgIpc) is 3.82. The topological polar surface area (TPSA) is 474 Å². The Labute approximate surface area is 431 Å². The van der Waals surface area contributed by atoms with Gasteiger partial charge in [-0.3, -0.25) is 48.3 Å². The number of nitrogens with zero attached hydrogens (tertiary/aromatic N) is 3. The van der Waals surface area contributed by atoms with E-state index in [0.29, 0.717) is 5.69 Å². The zero-order valence-electron chi connectivity index (χ0n) is 44.0. The third-order valence-corrected chi connectivity index (χ3v) is 11.2. The van der Waals surface area contributed by atoms with E-state index in [1.165, 1.54) is 19.4 Å². The first-order valence-corrected chi connectivity index (χ1v) is 24.7. The van der Waals surface area contributed by atoms with E-state index >= 15 is 0 Å². The number of aliphatic imine (C=N–C) groups is 2. The summed E-state index contributed by atoms with van der Waals surface area (Å²) in [4.78, 5) is 135. The minimum Gasteiger partial charge on any atom is -0.480 e. The number of hydrogen-bond donors (Lipinski definition) is 16. The number of aliphatic hydroxyl groups is 1. The molecule has 0 aromatic carbocycles. The molecule has 0 aliphatic carbocycles. The minimum absolute atomic E-state index is 0.0190. The standard InChI is InChI=1S/C46H83N17O11/c1-22(2)16-30(59-41(70)34(47)24(5)6)40(69)63-36(26(9)64)43(72)60-31(18-27-19-52-21-56-27)37(66)55-20-33(65)57-28(12-10-14-53-45(48)49)39(68)62-35(25(7)8)42(71)58-29(13-11-15-54-46(50)51)38(67)61-32(44(73)74)17-23(3)4/h19,21-26,28-32,34-36,64H,10-18,20,47H2,1-9H3,(H,52,56)(H,55,66)(H,57,65)(H,58,71)(H,59,70)(H,60,72)(H,61,67)(H,62,68)(H,63,69)(H,73,74)(H4,48,49,53)(H4,50,51,54)/t26-,28+,29+,30+,31+,32+,34+,35+,36+/m1/s1. The molecular formula is C46H83N17O11. The zero-order chi connectivity index (χ0) is 56.4. The normalized spacial score (nSPS) is 14.9. The van der Waals surface area contributed by atoms with Gasteiger partial charge in [0.05, 0.1) is 25.0 Å². The van der Waals surface area contributed by atoms with Gasteiger partial charge >= 0.3 is 5.97 Å². The Morgan fingerprint density at radius 2 is 1.04 bits per heavy atom. The second-order valence-electron chi connectivity index (χ2n) is 19.6. The summed E-state index contributed by atoms with van der Waals surface area (Å²) in [5.41, 5.74) is 28.2. The summed E-state index contributed by atoms with van der Waals surface area (Å²) >= 11 is 0. The lowest BCUT2D eigenvalue weighted by atomic mass is 10.00. The summed E-state index contributed by atoms with van der Waals surface area (Å²) in [6, 6.07) is -10.3. The van der Waals surface area contributed by atoms with Crippen LogP contribution in [0.25, 0.3) is 0 Å². The Morgan fingerprint density at radius 3 is 1.51 bits per heavy atom. The highest BCUT2D eigenvalue weighted by Gasteiger charge is 2.36. The maximum absolute atomic E-state index is 14.0. The van der Waals surface area contributed by atoms with Crippen molar-refractivity contribution in [3.05, 3.63) is 18.2 Å². The van der Waals surface area contributed by atoms with Crippen LogP contribution >= 0.6 is 0 Å². The first-order chi connectivity index (χ1) is 34.5. The first-order valence-electron chi connectivity index (χ1n) is 24.7. The van der Waals surface area contributed by atoms with Gasteiger partial charge in [0, 0.05) is 31.4 Å². The van der Waals surface area contributed by atoms with Crippen LogP contribution < -0.4 is 71.2 Å². The van der Waals surface area contributed by atoms with Gasteiger partial charge in [-0.25, -0.2) is 9.78 Å². The van der Waals surface area contributed by atoms with Crippen LogP contribution in [0.5, 0.6) is 0 Å². The molecule has 418 valence electrons. The van der Waals surface area contributed by atoms with Gasteiger partial charge in [-0.05, 0) is 69.1 Å². The van der Waals surface area contributed by atoms with Crippen molar-refractivity contribution in [3.8, 4) is 0 Å². The lowest BCUT2D eigenvalue weighted by Gasteiger charge is -2.28. The second-order valence-corrected chi connectivity index (χ2v) is 19.6. The van der Waals surface area contributed by atoms with Gasteiger partial charge in [-0.15, -0.1) is 0 Å². The van der Waals surface area contributed by atoms with E-state index in [-0.39, 0.29) is 87.7 Å². The van der Waals surface area contributed by atoms with Crippen LogP contribution in [0.2, 0.25) is 0 Å². The Bertz CT molecular complexity index is 2060. The summed E-state index contributed by atoms with van der Waals surface area (Å²) < 4.78 is 0. The van der Waals surface area contributed by atoms with E-state index < -0.39 is 120 Å². The van der Waals surface area contributed by atoms with Crippen molar-refractivity contribution in [1.82, 2.24) is 52.5 Å². The van der Waals surface area contributed by atoms with Crippen LogP contribution in [0.3, 0.4) is 0 Å². The number of H-pyrrole nitrogens is 1. The quantitative estimate of drug-likeness (QED) is 0.0177. The van der Waals surface area contributed by atoms with Gasteiger partial charge in [0.2, 0.25) is 47.3 Å². The number of imidazole rings is 1. The van der Waals surface area contributed by atoms with Crippen LogP contribution in [0.4, 0.5) is 0 Å². The van der Waals surface area contributed by atoms with Crippen molar-refractivity contribution in [3.63, 3.8) is 0 Å². The molecule has 0 saturated heterocycles. The fraction of sp³-hybridized carbons (Fsp3) is 0.696. The van der Waals surface area contributed by atoms with Crippen LogP contribution in [-0.2, 0) is 49.6 Å². The number of guanidine groups is 2. The molecule has 1 heterocycles. The average molecular weight is 1050 g/mol. The smallest absolute Gasteiger partial charge is 0.326 e. The molecule has 21 N–H and O–H groups in total. The number of aliphatic carboxylic acids is 1. The molecule has 1 aromatic rings. The summed E-state index contributed by atoms with van der Waals surface area (Å²) in [6.07, 6.45) is 1.53. The summed E-state index contributed by atoms with van der Waals surface area (Å²) in [5, 5.41) is 40.7. The number of nitrogens with one attached hydrogen (secondary N) is 9. The molecule has 0 fully saturated rings. The second kappa shape index (κ2) is 32.9. The number of aliphatic hydroxyl groups excluding tert-OH is 1. The highest BCUT2D eigenvalue weighted by molar-refractivity contribution is 5.97. The molecule has 0 aliphatic heterocycles. The lowest BCUT2D eigenvalue weighted by molar-refractivity contribution is -0.143. The van der Waals surface area contributed by atoms with Crippen LogP contribution in [-0.4, -0.2) is 159 Å². The molecule has 0 spiro atoms. The van der Waals surface area contributed by atoms with Gasteiger partial charge in [0.1, 0.15) is 42.3 Å². The summed E-state index contributed by atoms with van der Waals surface area (Å²) in [6.45, 7) is 14.5. The Morgan fingerprint density at radius 1 is 0.581 bits per heavy atom. The summed E-state index contributed by atoms with van der Waals surface area (Å²) in [5.74, 6) is -9.31. The van der Waals surface area contributed by atoms with E-state index in [1.54, 1.807) is 41.5 Å². The van der Waals surface area contributed by atoms with Crippen molar-refractivity contribution < 1.29 is 53.4 Å².